The zero-order chi connectivity index (χ0) is 8.97. The Bertz CT molecular complexity index is 245. The first-order chi connectivity index (χ1) is 5.70. The number of halogens is 1. The second-order valence-corrected chi connectivity index (χ2v) is 7.09. The predicted molar refractivity (Wildman–Crippen MR) is 58.7 cm³/mol. The average molecular weight is 292 g/mol. The van der Waals surface area contributed by atoms with E-state index in [1.54, 1.807) is 0 Å². The molecular weight excluding hydrogens is 279 g/mol. The quantitative estimate of drug-likeness (QED) is 0.748. The van der Waals surface area contributed by atoms with Gasteiger partial charge in [0.25, 0.3) is 0 Å². The zero-order valence-corrected chi connectivity index (χ0v) is 10.7. The van der Waals surface area contributed by atoms with E-state index in [9.17, 15) is 0 Å². The molecule has 0 amide bonds. The molecule has 1 aromatic rings. The van der Waals surface area contributed by atoms with Crippen molar-refractivity contribution in [1.82, 2.24) is 0 Å². The van der Waals surface area contributed by atoms with Gasteiger partial charge in [-0.1, -0.05) is 0 Å². The fourth-order valence-electron chi connectivity index (χ4n) is 0.872. The van der Waals surface area contributed by atoms with Crippen LogP contribution in [0, 0.1) is 0 Å². The third-order valence-electron chi connectivity index (χ3n) is 1.53. The maximum absolute atomic E-state index is 3.56. The Morgan fingerprint density at radius 3 is 2.58 bits per heavy atom. The van der Waals surface area contributed by atoms with Gasteiger partial charge in [0.15, 0.2) is 0 Å². The molecule has 0 fully saturated rings. The van der Waals surface area contributed by atoms with Gasteiger partial charge in [-0.25, -0.2) is 0 Å². The molecule has 0 radical (unpaired) electrons. The zero-order valence-electron chi connectivity index (χ0n) is 7.38. The van der Waals surface area contributed by atoms with Crippen molar-refractivity contribution < 1.29 is 0 Å². The molecule has 0 aliphatic carbocycles. The van der Waals surface area contributed by atoms with Crippen LogP contribution in [0.5, 0.6) is 0 Å². The van der Waals surface area contributed by atoms with Crippen molar-refractivity contribution in [3.05, 3.63) is 34.3 Å². The van der Waals surface area contributed by atoms with Gasteiger partial charge in [-0.05, 0) is 0 Å². The van der Waals surface area contributed by atoms with E-state index in [1.807, 2.05) is 0 Å². The molecule has 0 nitrogen and oxygen atoms in total. The third-order valence-corrected chi connectivity index (χ3v) is 4.70. The normalized spacial score (nSPS) is 10.7. The van der Waals surface area contributed by atoms with E-state index in [4.69, 9.17) is 0 Å². The summed E-state index contributed by atoms with van der Waals surface area (Å²) in [5.74, 6) is 0. The summed E-state index contributed by atoms with van der Waals surface area (Å²) in [6.45, 7) is 4.58. The van der Waals surface area contributed by atoms with Crippen LogP contribution in [0.3, 0.4) is 0 Å². The topological polar surface area (TPSA) is 0 Å². The Balaban J connectivity index is 2.57. The Morgan fingerprint density at radius 2 is 2.00 bits per heavy atom. The monoisotopic (exact) mass is 292 g/mol. The molecule has 0 atom stereocenters. The van der Waals surface area contributed by atoms with Gasteiger partial charge in [0.05, 0.1) is 0 Å². The number of hydrogen-bond acceptors (Lipinski definition) is 0. The van der Waals surface area contributed by atoms with E-state index in [-0.39, 0.29) is 0 Å². The Labute approximate surface area is 89.0 Å². The molecular formula is C10H13BrSe. The van der Waals surface area contributed by atoms with Crippen molar-refractivity contribution in [2.75, 3.05) is 0 Å². The van der Waals surface area contributed by atoms with Crippen LogP contribution < -0.4 is 0 Å². The fraction of sp³-hybridized carbons (Fsp3) is 0.400. The SMILES string of the molecule is CC(C)[Se]Cc1ccccc1Br. The standard InChI is InChI=1S/C10H13BrSe/c1-8(2)12-7-9-5-3-4-6-10(9)11/h3-6,8H,7H2,1-2H3. The Morgan fingerprint density at radius 1 is 1.33 bits per heavy atom. The van der Waals surface area contributed by atoms with E-state index in [0.29, 0.717) is 0 Å². The van der Waals surface area contributed by atoms with Crippen molar-refractivity contribution >= 4 is 30.9 Å². The second-order valence-electron chi connectivity index (χ2n) is 2.95. The van der Waals surface area contributed by atoms with Crippen molar-refractivity contribution in [1.29, 1.82) is 0 Å². The molecule has 0 unspecified atom stereocenters. The van der Waals surface area contributed by atoms with Gasteiger partial charge in [-0.15, -0.1) is 0 Å². The third kappa shape index (κ3) is 3.30. The van der Waals surface area contributed by atoms with Crippen LogP contribution in [0.4, 0.5) is 0 Å². The van der Waals surface area contributed by atoms with Gasteiger partial charge in [-0.3, -0.25) is 0 Å². The first-order valence-electron chi connectivity index (χ1n) is 4.05. The summed E-state index contributed by atoms with van der Waals surface area (Å²) in [6, 6.07) is 8.49. The van der Waals surface area contributed by atoms with Gasteiger partial charge in [-0.2, -0.15) is 0 Å². The number of benzene rings is 1. The van der Waals surface area contributed by atoms with Crippen LogP contribution in [0.15, 0.2) is 28.7 Å². The summed E-state index contributed by atoms with van der Waals surface area (Å²) in [4.78, 5) is 0.851. The summed E-state index contributed by atoms with van der Waals surface area (Å²) in [5.41, 5.74) is 1.45. The first-order valence-corrected chi connectivity index (χ1v) is 7.04. The maximum atomic E-state index is 3.56. The average Bonchev–Trinajstić information content (AvgIpc) is 2.03. The second kappa shape index (κ2) is 5.06. The van der Waals surface area contributed by atoms with E-state index >= 15 is 0 Å². The predicted octanol–water partition coefficient (Wildman–Crippen LogP) is 3.48. The van der Waals surface area contributed by atoms with Crippen LogP contribution in [0.25, 0.3) is 0 Å². The fourth-order valence-corrected chi connectivity index (χ4v) is 3.32. The molecule has 0 aliphatic heterocycles. The van der Waals surface area contributed by atoms with Gasteiger partial charge >= 0.3 is 89.2 Å². The van der Waals surface area contributed by atoms with E-state index in [2.05, 4.69) is 54.0 Å². The van der Waals surface area contributed by atoms with Gasteiger partial charge < -0.3 is 0 Å². The molecule has 12 heavy (non-hydrogen) atoms. The molecule has 0 heterocycles. The summed E-state index contributed by atoms with van der Waals surface area (Å²) in [7, 11) is 0. The van der Waals surface area contributed by atoms with Crippen LogP contribution in [-0.2, 0) is 5.32 Å². The first kappa shape index (κ1) is 10.3. The molecule has 1 rings (SSSR count). The van der Waals surface area contributed by atoms with Crippen molar-refractivity contribution in [2.45, 2.75) is 24.0 Å². The summed E-state index contributed by atoms with van der Waals surface area (Å²) < 4.78 is 1.26. The Hall–Kier alpha value is 0.219. The molecule has 0 spiro atoms. The number of rotatable bonds is 3. The summed E-state index contributed by atoms with van der Waals surface area (Å²) in [6.07, 6.45) is 0. The molecule has 0 aromatic heterocycles. The van der Waals surface area contributed by atoms with Gasteiger partial charge in [0, 0.05) is 0 Å². The van der Waals surface area contributed by atoms with E-state index in [1.165, 1.54) is 15.4 Å². The molecule has 66 valence electrons. The molecule has 0 N–H and O–H groups in total. The van der Waals surface area contributed by atoms with Crippen LogP contribution in [0.2, 0.25) is 4.82 Å². The van der Waals surface area contributed by atoms with Crippen LogP contribution in [0.1, 0.15) is 19.4 Å². The van der Waals surface area contributed by atoms with E-state index < -0.39 is 0 Å². The minimum absolute atomic E-state index is 0.740. The molecule has 1 aromatic carbocycles. The van der Waals surface area contributed by atoms with E-state index in [0.717, 1.165) is 19.8 Å². The molecule has 2 heteroatoms. The molecule has 0 saturated heterocycles. The minimum atomic E-state index is 0.740. The molecule has 0 bridgehead atoms. The van der Waals surface area contributed by atoms with Crippen molar-refractivity contribution in [3.8, 4) is 0 Å². The van der Waals surface area contributed by atoms with Crippen molar-refractivity contribution in [2.24, 2.45) is 0 Å². The molecule has 0 saturated carbocycles. The summed E-state index contributed by atoms with van der Waals surface area (Å²) in [5, 5.41) is 1.24. The summed E-state index contributed by atoms with van der Waals surface area (Å²) >= 11 is 4.30. The van der Waals surface area contributed by atoms with Gasteiger partial charge in [0.1, 0.15) is 0 Å². The Kier molecular flexibility index (Phi) is 4.34. The molecule has 0 aliphatic rings. The van der Waals surface area contributed by atoms with Crippen LogP contribution >= 0.6 is 15.9 Å². The number of hydrogen-bond donors (Lipinski definition) is 0. The van der Waals surface area contributed by atoms with Gasteiger partial charge in [0.2, 0.25) is 0 Å². The van der Waals surface area contributed by atoms with Crippen LogP contribution in [-0.4, -0.2) is 15.0 Å². The van der Waals surface area contributed by atoms with Crippen molar-refractivity contribution in [3.63, 3.8) is 0 Å².